The van der Waals surface area contributed by atoms with E-state index in [0.717, 1.165) is 27.8 Å². The van der Waals surface area contributed by atoms with E-state index >= 15 is 0 Å². The smallest absolute Gasteiger partial charge is 0.126 e. The quantitative estimate of drug-likeness (QED) is 0.125. The van der Waals surface area contributed by atoms with Crippen LogP contribution in [-0.4, -0.2) is 55.0 Å². The molecule has 9 nitrogen and oxygen atoms in total. The lowest BCUT2D eigenvalue weighted by Crippen LogP contribution is -2.68. The van der Waals surface area contributed by atoms with Gasteiger partial charge in [0.25, 0.3) is 0 Å². The van der Waals surface area contributed by atoms with E-state index in [9.17, 15) is 15.3 Å². The molecule has 0 unspecified atom stereocenters. The van der Waals surface area contributed by atoms with E-state index < -0.39 is 10.8 Å². The van der Waals surface area contributed by atoms with Crippen LogP contribution in [0.25, 0.3) is 0 Å². The molecule has 0 fully saturated rings. The molecule has 9 heteroatoms. The second-order valence-corrected chi connectivity index (χ2v) is 12.4. The Morgan fingerprint density at radius 3 is 1.10 bits per heavy atom. The summed E-state index contributed by atoms with van der Waals surface area (Å²) in [6, 6.07) is 8.15. The number of aromatic hydroxyl groups is 3. The number of phenolic OH excluding ortho intramolecular Hbond substituents is 3. The monoisotopic (exact) mass is 664 g/mol. The average molecular weight is 665 g/mol. The van der Waals surface area contributed by atoms with Gasteiger partial charge in [-0.15, -0.1) is 0 Å². The molecular formula is C39H52O9. The molecule has 0 atom stereocenters. The number of hydrogen-bond donors (Lipinski definition) is 3. The Morgan fingerprint density at radius 2 is 0.771 bits per heavy atom. The standard InChI is InChI=1S/C39H52O9/c1-8-43-18-24-14-28(15-25(35(24)40)19-44-9-2)39-33-29(22-47-12-5)36(41)26(20-45-10-3)16-31(33)38(39,7)32-17-27(21-46-11-4)37(42)30(34(32)39)23-48-13-6/h14-17,40-42H,8-13,18-23H2,1-7H3. The minimum Gasteiger partial charge on any atom is -0.507 e. The Hall–Kier alpha value is -3.18. The first-order chi connectivity index (χ1) is 23.2. The highest BCUT2D eigenvalue weighted by Gasteiger charge is 2.73. The highest BCUT2D eigenvalue weighted by molar-refractivity contribution is 5.86. The summed E-state index contributed by atoms with van der Waals surface area (Å²) in [5, 5.41) is 35.1. The van der Waals surface area contributed by atoms with Crippen LogP contribution >= 0.6 is 0 Å². The summed E-state index contributed by atoms with van der Waals surface area (Å²) in [7, 11) is 0. The van der Waals surface area contributed by atoms with Crippen molar-refractivity contribution in [3.05, 3.63) is 85.5 Å². The first kappa shape index (κ1) is 36.1. The molecule has 2 aliphatic carbocycles. The molecular weight excluding hydrogens is 612 g/mol. The Morgan fingerprint density at radius 1 is 0.458 bits per heavy atom. The summed E-state index contributed by atoms with van der Waals surface area (Å²) in [6.07, 6.45) is 0. The van der Waals surface area contributed by atoms with Crippen LogP contribution in [0.2, 0.25) is 0 Å². The van der Waals surface area contributed by atoms with Gasteiger partial charge < -0.3 is 43.7 Å². The topological polar surface area (TPSA) is 116 Å². The Bertz CT molecular complexity index is 1510. The molecule has 0 aliphatic heterocycles. The number of fused-ring (bicyclic) bond motifs is 7. The summed E-state index contributed by atoms with van der Waals surface area (Å²) in [5.74, 6) is 0.445. The fourth-order valence-corrected chi connectivity index (χ4v) is 7.80. The number of phenols is 3. The van der Waals surface area contributed by atoms with Crippen molar-refractivity contribution in [2.45, 2.75) is 98.9 Å². The SMILES string of the molecule is CCOCc1cc(C23c4c(cc(COCC)c(O)c4COCC)C2(C)c2cc(COCC)c(O)c(COCC)c23)cc(COCC)c1O. The van der Waals surface area contributed by atoms with E-state index in [1.165, 1.54) is 0 Å². The van der Waals surface area contributed by atoms with Crippen LogP contribution in [0.1, 0.15) is 110 Å². The Kier molecular flexibility index (Phi) is 11.4. The van der Waals surface area contributed by atoms with E-state index in [-0.39, 0.29) is 56.9 Å². The molecule has 0 aromatic heterocycles. The van der Waals surface area contributed by atoms with Crippen LogP contribution in [-0.2, 0) is 78.9 Å². The van der Waals surface area contributed by atoms with Crippen molar-refractivity contribution >= 4 is 0 Å². The minimum absolute atomic E-state index is 0.145. The third-order valence-corrected chi connectivity index (χ3v) is 9.99. The van der Waals surface area contributed by atoms with Gasteiger partial charge in [0.1, 0.15) is 17.2 Å². The Balaban J connectivity index is 1.90. The Labute approximate surface area is 284 Å². The average Bonchev–Trinajstić information content (AvgIpc) is 3.09. The molecule has 0 radical (unpaired) electrons. The molecule has 0 bridgehead atoms. The second kappa shape index (κ2) is 15.2. The van der Waals surface area contributed by atoms with E-state index in [1.54, 1.807) is 0 Å². The number of hydrogen-bond acceptors (Lipinski definition) is 9. The third-order valence-electron chi connectivity index (χ3n) is 9.99. The van der Waals surface area contributed by atoms with Crippen molar-refractivity contribution in [3.63, 3.8) is 0 Å². The lowest BCUT2D eigenvalue weighted by atomic mass is 9.31. The summed E-state index contributed by atoms with van der Waals surface area (Å²) in [4.78, 5) is 0. The predicted octanol–water partition coefficient (Wildman–Crippen LogP) is 6.99. The van der Waals surface area contributed by atoms with Crippen LogP contribution < -0.4 is 0 Å². The van der Waals surface area contributed by atoms with E-state index in [2.05, 4.69) is 19.1 Å². The lowest BCUT2D eigenvalue weighted by molar-refractivity contribution is 0.116. The van der Waals surface area contributed by atoms with Crippen LogP contribution in [0.3, 0.4) is 0 Å². The maximum absolute atomic E-state index is 11.9. The minimum atomic E-state index is -0.824. The summed E-state index contributed by atoms with van der Waals surface area (Å²) in [5.41, 5.74) is 7.62. The van der Waals surface area contributed by atoms with Crippen LogP contribution in [0.15, 0.2) is 24.3 Å². The molecule has 48 heavy (non-hydrogen) atoms. The first-order valence-corrected chi connectivity index (χ1v) is 17.3. The zero-order valence-electron chi connectivity index (χ0n) is 29.6. The van der Waals surface area contributed by atoms with Crippen molar-refractivity contribution in [1.29, 1.82) is 0 Å². The van der Waals surface area contributed by atoms with Crippen LogP contribution in [0, 0.1) is 0 Å². The molecule has 3 aromatic carbocycles. The third kappa shape index (κ3) is 5.58. The van der Waals surface area contributed by atoms with Gasteiger partial charge in [-0.05, 0) is 101 Å². The summed E-state index contributed by atoms with van der Waals surface area (Å²) in [6.45, 7) is 18.1. The highest BCUT2D eigenvalue weighted by atomic mass is 16.5. The van der Waals surface area contributed by atoms with Crippen LogP contribution in [0.5, 0.6) is 17.2 Å². The fraction of sp³-hybridized carbons (Fsp3) is 0.538. The maximum atomic E-state index is 11.9. The van der Waals surface area contributed by atoms with Crippen molar-refractivity contribution < 1.29 is 43.7 Å². The van der Waals surface area contributed by atoms with Gasteiger partial charge >= 0.3 is 0 Å². The van der Waals surface area contributed by atoms with Gasteiger partial charge in [0.05, 0.1) is 45.1 Å². The van der Waals surface area contributed by atoms with Gasteiger partial charge in [0.15, 0.2) is 0 Å². The molecule has 2 aliphatic rings. The normalized spacial score (nSPS) is 19.0. The van der Waals surface area contributed by atoms with Gasteiger partial charge in [-0.2, -0.15) is 0 Å². The van der Waals surface area contributed by atoms with E-state index in [4.69, 9.17) is 28.4 Å². The molecule has 0 saturated carbocycles. The van der Waals surface area contributed by atoms with E-state index in [0.29, 0.717) is 73.0 Å². The van der Waals surface area contributed by atoms with Crippen LogP contribution in [0.4, 0.5) is 0 Å². The zero-order valence-corrected chi connectivity index (χ0v) is 29.6. The fourth-order valence-electron chi connectivity index (χ4n) is 7.80. The highest BCUT2D eigenvalue weighted by Crippen LogP contribution is 2.76. The zero-order chi connectivity index (χ0) is 34.6. The number of benzene rings is 3. The molecule has 0 heterocycles. The molecule has 262 valence electrons. The maximum Gasteiger partial charge on any atom is 0.126 e. The molecule has 0 saturated heterocycles. The van der Waals surface area contributed by atoms with E-state index in [1.807, 2.05) is 53.7 Å². The van der Waals surface area contributed by atoms with Crippen molar-refractivity contribution in [3.8, 4) is 17.2 Å². The molecule has 5 rings (SSSR count). The van der Waals surface area contributed by atoms with Crippen molar-refractivity contribution in [1.82, 2.24) is 0 Å². The molecule has 3 N–H and O–H groups in total. The number of rotatable bonds is 19. The molecule has 0 spiro atoms. The van der Waals surface area contributed by atoms with Gasteiger partial charge in [0.2, 0.25) is 0 Å². The van der Waals surface area contributed by atoms with Gasteiger partial charge in [0, 0.05) is 78.4 Å². The summed E-state index contributed by atoms with van der Waals surface area (Å²) < 4.78 is 35.3. The lowest BCUT2D eigenvalue weighted by Gasteiger charge is -2.69. The molecule has 0 amide bonds. The first-order valence-electron chi connectivity index (χ1n) is 17.3. The largest absolute Gasteiger partial charge is 0.507 e. The van der Waals surface area contributed by atoms with Crippen molar-refractivity contribution in [2.24, 2.45) is 0 Å². The second-order valence-electron chi connectivity index (χ2n) is 12.4. The summed E-state index contributed by atoms with van der Waals surface area (Å²) >= 11 is 0. The van der Waals surface area contributed by atoms with Gasteiger partial charge in [-0.3, -0.25) is 0 Å². The van der Waals surface area contributed by atoms with Crippen molar-refractivity contribution in [2.75, 3.05) is 39.6 Å². The van der Waals surface area contributed by atoms with Gasteiger partial charge in [-0.1, -0.05) is 0 Å². The number of ether oxygens (including phenoxy) is 6. The van der Waals surface area contributed by atoms with Gasteiger partial charge in [-0.25, -0.2) is 0 Å². The molecule has 3 aromatic rings. The predicted molar refractivity (Wildman–Crippen MR) is 183 cm³/mol.